The Morgan fingerprint density at radius 3 is 2.61 bits per heavy atom. The Kier molecular flexibility index (Phi) is 5.25. The van der Waals surface area contributed by atoms with Gasteiger partial charge >= 0.3 is 5.97 Å². The Hall–Kier alpha value is -1.46. The molecule has 1 atom stereocenters. The van der Waals surface area contributed by atoms with Crippen molar-refractivity contribution >= 4 is 17.6 Å². The summed E-state index contributed by atoms with van der Waals surface area (Å²) in [6.07, 6.45) is -0.810. The van der Waals surface area contributed by atoms with Gasteiger partial charge in [0.25, 0.3) is 0 Å². The fraction of sp³-hybridized carbons (Fsp3) is 0.417. The quantitative estimate of drug-likeness (QED) is 0.829. The van der Waals surface area contributed by atoms with Crippen molar-refractivity contribution in [1.29, 1.82) is 0 Å². The molecule has 0 bridgehead atoms. The van der Waals surface area contributed by atoms with Gasteiger partial charge in [0.15, 0.2) is 17.6 Å². The smallest absolute Gasteiger partial charge is 0.346 e. The first-order valence-corrected chi connectivity index (χ1v) is 5.63. The van der Waals surface area contributed by atoms with Crippen LogP contribution < -0.4 is 9.47 Å². The van der Waals surface area contributed by atoms with Gasteiger partial charge in [0, 0.05) is 16.7 Å². The molecule has 1 aromatic rings. The van der Waals surface area contributed by atoms with Crippen LogP contribution in [0.15, 0.2) is 12.1 Å². The second-order valence-corrected chi connectivity index (χ2v) is 3.97. The van der Waals surface area contributed by atoms with Crippen LogP contribution in [0, 0.1) is 0 Å². The van der Waals surface area contributed by atoms with Crippen LogP contribution in [0.2, 0.25) is 5.02 Å². The highest BCUT2D eigenvalue weighted by molar-refractivity contribution is 6.30. The van der Waals surface area contributed by atoms with E-state index >= 15 is 0 Å². The third-order valence-corrected chi connectivity index (χ3v) is 2.53. The minimum Gasteiger partial charge on any atom is -0.493 e. The number of halogens is 1. The van der Waals surface area contributed by atoms with Gasteiger partial charge in [0.05, 0.1) is 20.8 Å². The van der Waals surface area contributed by atoms with Crippen molar-refractivity contribution < 1.29 is 24.1 Å². The second-order valence-electron chi connectivity index (χ2n) is 3.54. The average molecular weight is 275 g/mol. The van der Waals surface area contributed by atoms with Crippen LogP contribution in [-0.4, -0.2) is 31.4 Å². The molecule has 0 aromatic heterocycles. The first-order chi connectivity index (χ1) is 8.53. The number of hydrogen-bond acceptors (Lipinski definition) is 5. The number of aliphatic hydroxyl groups is 1. The zero-order valence-corrected chi connectivity index (χ0v) is 11.2. The van der Waals surface area contributed by atoms with E-state index in [1.807, 2.05) is 0 Å². The summed E-state index contributed by atoms with van der Waals surface area (Å²) < 4.78 is 15.1. The van der Waals surface area contributed by atoms with Crippen LogP contribution in [0.3, 0.4) is 0 Å². The predicted octanol–water partition coefficient (Wildman–Crippen LogP) is 1.78. The maximum atomic E-state index is 11.3. The highest BCUT2D eigenvalue weighted by atomic mass is 35.5. The van der Waals surface area contributed by atoms with Crippen molar-refractivity contribution in [2.45, 2.75) is 19.6 Å². The van der Waals surface area contributed by atoms with E-state index < -0.39 is 12.1 Å². The zero-order valence-electron chi connectivity index (χ0n) is 10.4. The lowest BCUT2D eigenvalue weighted by molar-refractivity contribution is -0.148. The van der Waals surface area contributed by atoms with Gasteiger partial charge in [-0.05, 0) is 13.0 Å². The minimum absolute atomic E-state index is 0.278. The molecule has 0 aliphatic carbocycles. The number of aliphatic hydroxyl groups excluding tert-OH is 1. The number of hydrogen-bond donors (Lipinski definition) is 1. The lowest BCUT2D eigenvalue weighted by Gasteiger charge is -2.18. The molecular weight excluding hydrogens is 260 g/mol. The molecule has 0 saturated heterocycles. The highest BCUT2D eigenvalue weighted by Gasteiger charge is 2.20. The maximum absolute atomic E-state index is 11.3. The molecule has 0 saturated carbocycles. The Balaban J connectivity index is 3.09. The molecule has 1 rings (SSSR count). The summed E-state index contributed by atoms with van der Waals surface area (Å²) >= 11 is 5.87. The summed E-state index contributed by atoms with van der Waals surface area (Å²) in [5, 5.41) is 9.67. The van der Waals surface area contributed by atoms with Gasteiger partial charge in [0.2, 0.25) is 0 Å². The maximum Gasteiger partial charge on any atom is 0.346 e. The van der Waals surface area contributed by atoms with E-state index in [4.69, 9.17) is 21.1 Å². The van der Waals surface area contributed by atoms with Gasteiger partial charge < -0.3 is 19.3 Å². The standard InChI is InChI=1S/C12H15ClO5/c1-7(12(15)17-3)18-11-8(6-14)4-9(13)5-10(11)16-2/h4-5,7,14H,6H2,1-3H3. The topological polar surface area (TPSA) is 65.0 Å². The van der Waals surface area contributed by atoms with E-state index in [0.717, 1.165) is 0 Å². The molecular formula is C12H15ClO5. The van der Waals surface area contributed by atoms with Gasteiger partial charge in [-0.25, -0.2) is 4.79 Å². The third-order valence-electron chi connectivity index (χ3n) is 2.31. The van der Waals surface area contributed by atoms with Gasteiger partial charge in [-0.1, -0.05) is 11.6 Å². The van der Waals surface area contributed by atoms with E-state index in [9.17, 15) is 9.90 Å². The van der Waals surface area contributed by atoms with E-state index in [0.29, 0.717) is 16.3 Å². The number of carbonyl (C=O) groups is 1. The van der Waals surface area contributed by atoms with E-state index in [1.54, 1.807) is 19.1 Å². The molecule has 6 heteroatoms. The minimum atomic E-state index is -0.810. The summed E-state index contributed by atoms with van der Waals surface area (Å²) in [6, 6.07) is 3.09. The van der Waals surface area contributed by atoms with Gasteiger partial charge in [-0.3, -0.25) is 0 Å². The van der Waals surface area contributed by atoms with Crippen molar-refractivity contribution in [1.82, 2.24) is 0 Å². The van der Waals surface area contributed by atoms with Gasteiger partial charge in [-0.2, -0.15) is 0 Å². The first-order valence-electron chi connectivity index (χ1n) is 5.25. The molecule has 0 amide bonds. The number of benzene rings is 1. The number of methoxy groups -OCH3 is 2. The summed E-state index contributed by atoms with van der Waals surface area (Å²) in [7, 11) is 2.72. The monoisotopic (exact) mass is 274 g/mol. The Morgan fingerprint density at radius 2 is 2.11 bits per heavy atom. The Morgan fingerprint density at radius 1 is 1.44 bits per heavy atom. The van der Waals surface area contributed by atoms with Crippen LogP contribution in [0.1, 0.15) is 12.5 Å². The molecule has 0 spiro atoms. The van der Waals surface area contributed by atoms with E-state index in [-0.39, 0.29) is 12.4 Å². The highest BCUT2D eigenvalue weighted by Crippen LogP contribution is 2.35. The fourth-order valence-corrected chi connectivity index (χ4v) is 1.65. The molecule has 0 fully saturated rings. The molecule has 1 N–H and O–H groups in total. The van der Waals surface area contributed by atoms with Gasteiger partial charge in [0.1, 0.15) is 0 Å². The molecule has 0 radical (unpaired) electrons. The summed E-state index contributed by atoms with van der Waals surface area (Å²) in [5.41, 5.74) is 0.440. The largest absolute Gasteiger partial charge is 0.493 e. The SMILES string of the molecule is COC(=O)C(C)Oc1c(CO)cc(Cl)cc1OC. The molecule has 0 heterocycles. The van der Waals surface area contributed by atoms with Crippen LogP contribution >= 0.6 is 11.6 Å². The second kappa shape index (κ2) is 6.47. The third kappa shape index (κ3) is 3.27. The average Bonchev–Trinajstić information content (AvgIpc) is 2.38. The molecule has 1 aromatic carbocycles. The summed E-state index contributed by atoms with van der Waals surface area (Å²) in [4.78, 5) is 11.3. The van der Waals surface area contributed by atoms with Crippen molar-refractivity contribution in [2.24, 2.45) is 0 Å². The summed E-state index contributed by atoms with van der Waals surface area (Å²) in [6.45, 7) is 1.27. The summed E-state index contributed by atoms with van der Waals surface area (Å²) in [5.74, 6) is 0.112. The van der Waals surface area contributed by atoms with Crippen molar-refractivity contribution in [3.05, 3.63) is 22.7 Å². The molecule has 0 aliphatic rings. The molecule has 0 aliphatic heterocycles. The molecule has 18 heavy (non-hydrogen) atoms. The van der Waals surface area contributed by atoms with Gasteiger partial charge in [-0.15, -0.1) is 0 Å². The van der Waals surface area contributed by atoms with Crippen LogP contribution in [0.4, 0.5) is 0 Å². The Bertz CT molecular complexity index is 407. The molecule has 1 unspecified atom stereocenters. The molecule has 5 nitrogen and oxygen atoms in total. The number of ether oxygens (including phenoxy) is 3. The number of carbonyl (C=O) groups excluding carboxylic acids is 1. The predicted molar refractivity (Wildman–Crippen MR) is 66.0 cm³/mol. The van der Waals surface area contributed by atoms with Crippen LogP contribution in [-0.2, 0) is 16.1 Å². The van der Waals surface area contributed by atoms with Crippen molar-refractivity contribution in [3.8, 4) is 11.5 Å². The van der Waals surface area contributed by atoms with E-state index in [1.165, 1.54) is 14.2 Å². The Labute approximate surface area is 110 Å². The first kappa shape index (κ1) is 14.6. The zero-order chi connectivity index (χ0) is 13.7. The van der Waals surface area contributed by atoms with Crippen LogP contribution in [0.25, 0.3) is 0 Å². The lowest BCUT2D eigenvalue weighted by Crippen LogP contribution is -2.25. The lowest BCUT2D eigenvalue weighted by atomic mass is 10.2. The van der Waals surface area contributed by atoms with Crippen molar-refractivity contribution in [2.75, 3.05) is 14.2 Å². The molecule has 100 valence electrons. The number of esters is 1. The van der Waals surface area contributed by atoms with Crippen LogP contribution in [0.5, 0.6) is 11.5 Å². The fourth-order valence-electron chi connectivity index (χ4n) is 1.42. The van der Waals surface area contributed by atoms with E-state index in [2.05, 4.69) is 4.74 Å². The van der Waals surface area contributed by atoms with Crippen molar-refractivity contribution in [3.63, 3.8) is 0 Å². The number of rotatable bonds is 5. The normalized spacial score (nSPS) is 11.8.